The standard InChI is InChI=1S/C16H23NO3S/c1-12-10-13(17)4-5-15(12)21(18,19)14-6-9-20-16(11-14)7-2-3-8-16/h4-5,10,14H,2-3,6-9,11,17H2,1H3. The van der Waals surface area contributed by atoms with Crippen molar-refractivity contribution in [3.8, 4) is 0 Å². The van der Waals surface area contributed by atoms with Gasteiger partial charge in [0, 0.05) is 12.3 Å². The molecule has 21 heavy (non-hydrogen) atoms. The van der Waals surface area contributed by atoms with Crippen molar-refractivity contribution >= 4 is 15.5 Å². The fraction of sp³-hybridized carbons (Fsp3) is 0.625. The summed E-state index contributed by atoms with van der Waals surface area (Å²) in [6.07, 6.45) is 5.52. The van der Waals surface area contributed by atoms with E-state index in [1.165, 1.54) is 0 Å². The quantitative estimate of drug-likeness (QED) is 0.853. The first-order chi connectivity index (χ1) is 9.93. The molecule has 2 fully saturated rings. The van der Waals surface area contributed by atoms with Gasteiger partial charge in [-0.25, -0.2) is 8.42 Å². The summed E-state index contributed by atoms with van der Waals surface area (Å²) in [4.78, 5) is 0.428. The van der Waals surface area contributed by atoms with Crippen molar-refractivity contribution in [1.82, 2.24) is 0 Å². The summed E-state index contributed by atoms with van der Waals surface area (Å²) in [5, 5.41) is -0.327. The second kappa shape index (κ2) is 5.29. The van der Waals surface area contributed by atoms with Gasteiger partial charge < -0.3 is 10.5 Å². The van der Waals surface area contributed by atoms with Crippen LogP contribution in [-0.2, 0) is 14.6 Å². The molecule has 1 aliphatic carbocycles. The van der Waals surface area contributed by atoms with Crippen molar-refractivity contribution in [3.05, 3.63) is 23.8 Å². The van der Waals surface area contributed by atoms with E-state index in [0.717, 1.165) is 31.2 Å². The first-order valence-corrected chi connectivity index (χ1v) is 9.22. The van der Waals surface area contributed by atoms with Crippen LogP contribution in [0, 0.1) is 6.92 Å². The van der Waals surface area contributed by atoms with Crippen LogP contribution < -0.4 is 5.73 Å². The first kappa shape index (κ1) is 14.9. The molecule has 0 radical (unpaired) electrons. The number of rotatable bonds is 2. The molecule has 2 aliphatic rings. The molecule has 1 aliphatic heterocycles. The summed E-state index contributed by atoms with van der Waals surface area (Å²) in [6, 6.07) is 5.05. The van der Waals surface area contributed by atoms with Crippen LogP contribution in [0.15, 0.2) is 23.1 Å². The number of hydrogen-bond acceptors (Lipinski definition) is 4. The van der Waals surface area contributed by atoms with Gasteiger partial charge in [-0.05, 0) is 56.4 Å². The van der Waals surface area contributed by atoms with E-state index in [9.17, 15) is 8.42 Å². The molecule has 1 aromatic carbocycles. The maximum Gasteiger partial charge on any atom is 0.181 e. The number of anilines is 1. The Bertz CT molecular complexity index is 633. The predicted molar refractivity (Wildman–Crippen MR) is 83.0 cm³/mol. The average molecular weight is 309 g/mol. The van der Waals surface area contributed by atoms with Gasteiger partial charge in [0.25, 0.3) is 0 Å². The van der Waals surface area contributed by atoms with Crippen molar-refractivity contribution < 1.29 is 13.2 Å². The highest BCUT2D eigenvalue weighted by atomic mass is 32.2. The van der Waals surface area contributed by atoms with Gasteiger partial charge >= 0.3 is 0 Å². The summed E-state index contributed by atoms with van der Waals surface area (Å²) in [7, 11) is -3.31. The van der Waals surface area contributed by atoms with E-state index in [2.05, 4.69) is 0 Å². The number of benzene rings is 1. The maximum absolute atomic E-state index is 13.0. The van der Waals surface area contributed by atoms with E-state index < -0.39 is 9.84 Å². The Hall–Kier alpha value is -1.07. The third-order valence-electron chi connectivity index (χ3n) is 4.91. The van der Waals surface area contributed by atoms with Crippen LogP contribution in [-0.4, -0.2) is 25.9 Å². The minimum Gasteiger partial charge on any atom is -0.399 e. The molecular formula is C16H23NO3S. The van der Waals surface area contributed by atoms with Gasteiger partial charge in [-0.1, -0.05) is 12.8 Å². The highest BCUT2D eigenvalue weighted by molar-refractivity contribution is 7.92. The molecule has 1 spiro atoms. The van der Waals surface area contributed by atoms with Gasteiger partial charge in [-0.3, -0.25) is 0 Å². The van der Waals surface area contributed by atoms with E-state index >= 15 is 0 Å². The topological polar surface area (TPSA) is 69.4 Å². The van der Waals surface area contributed by atoms with Crippen molar-refractivity contribution in [3.63, 3.8) is 0 Å². The Morgan fingerprint density at radius 1 is 1.29 bits per heavy atom. The third-order valence-corrected chi connectivity index (χ3v) is 7.26. The summed E-state index contributed by atoms with van der Waals surface area (Å²) in [5.74, 6) is 0. The highest BCUT2D eigenvalue weighted by Crippen LogP contribution is 2.42. The minimum absolute atomic E-state index is 0.183. The summed E-state index contributed by atoms with van der Waals surface area (Å²) >= 11 is 0. The van der Waals surface area contributed by atoms with Gasteiger partial charge in [0.1, 0.15) is 0 Å². The van der Waals surface area contributed by atoms with Crippen molar-refractivity contribution in [2.45, 2.75) is 61.2 Å². The largest absolute Gasteiger partial charge is 0.399 e. The Kier molecular flexibility index (Phi) is 3.74. The molecule has 0 amide bonds. The molecule has 1 saturated heterocycles. The third kappa shape index (κ3) is 2.69. The lowest BCUT2D eigenvalue weighted by Gasteiger charge is -2.38. The van der Waals surface area contributed by atoms with Gasteiger partial charge in [0.05, 0.1) is 15.7 Å². The smallest absolute Gasteiger partial charge is 0.181 e. The van der Waals surface area contributed by atoms with Crippen molar-refractivity contribution in [1.29, 1.82) is 0 Å². The van der Waals surface area contributed by atoms with Gasteiger partial charge in [-0.2, -0.15) is 0 Å². The minimum atomic E-state index is -3.31. The van der Waals surface area contributed by atoms with E-state index in [1.807, 2.05) is 6.92 Å². The fourth-order valence-electron chi connectivity index (χ4n) is 3.79. The van der Waals surface area contributed by atoms with E-state index in [0.29, 0.717) is 30.0 Å². The van der Waals surface area contributed by atoms with Gasteiger partial charge in [0.2, 0.25) is 0 Å². The number of sulfone groups is 1. The Labute approximate surface area is 126 Å². The van der Waals surface area contributed by atoms with Crippen LogP contribution in [0.4, 0.5) is 5.69 Å². The lowest BCUT2D eigenvalue weighted by atomic mass is 9.92. The van der Waals surface area contributed by atoms with Gasteiger partial charge in [-0.15, -0.1) is 0 Å². The zero-order chi connectivity index (χ0) is 15.1. The molecule has 0 bridgehead atoms. The number of nitrogen functional groups attached to an aromatic ring is 1. The normalized spacial score (nSPS) is 25.3. The predicted octanol–water partition coefficient (Wildman–Crippen LogP) is 2.84. The fourth-order valence-corrected chi connectivity index (χ4v) is 5.84. The molecule has 1 atom stereocenters. The van der Waals surface area contributed by atoms with Crippen LogP contribution in [0.25, 0.3) is 0 Å². The number of aryl methyl sites for hydroxylation is 1. The molecule has 1 unspecified atom stereocenters. The lowest BCUT2D eigenvalue weighted by Crippen LogP contribution is -2.42. The number of ether oxygens (including phenoxy) is 1. The zero-order valence-corrected chi connectivity index (χ0v) is 13.3. The van der Waals surface area contributed by atoms with Crippen molar-refractivity contribution in [2.24, 2.45) is 0 Å². The van der Waals surface area contributed by atoms with Crippen LogP contribution >= 0.6 is 0 Å². The monoisotopic (exact) mass is 309 g/mol. The molecule has 0 aromatic heterocycles. The van der Waals surface area contributed by atoms with E-state index in [1.54, 1.807) is 18.2 Å². The van der Waals surface area contributed by atoms with E-state index in [-0.39, 0.29) is 10.9 Å². The summed E-state index contributed by atoms with van der Waals surface area (Å²) < 4.78 is 31.9. The van der Waals surface area contributed by atoms with Crippen LogP contribution in [0.5, 0.6) is 0 Å². The molecule has 2 N–H and O–H groups in total. The second-order valence-corrected chi connectivity index (χ2v) is 8.62. The molecule has 5 heteroatoms. The number of hydrogen-bond donors (Lipinski definition) is 1. The summed E-state index contributed by atoms with van der Waals surface area (Å²) in [6.45, 7) is 2.37. The first-order valence-electron chi connectivity index (χ1n) is 7.67. The SMILES string of the molecule is Cc1cc(N)ccc1S(=O)(=O)C1CCOC2(CCCC2)C1. The molecule has 4 nitrogen and oxygen atoms in total. The zero-order valence-electron chi connectivity index (χ0n) is 12.5. The molecule has 1 aromatic rings. The van der Waals surface area contributed by atoms with Crippen LogP contribution in [0.2, 0.25) is 0 Å². The van der Waals surface area contributed by atoms with Gasteiger partial charge in [0.15, 0.2) is 9.84 Å². The molecule has 3 rings (SSSR count). The van der Waals surface area contributed by atoms with Crippen LogP contribution in [0.1, 0.15) is 44.1 Å². The average Bonchev–Trinajstić information content (AvgIpc) is 2.86. The van der Waals surface area contributed by atoms with E-state index in [4.69, 9.17) is 10.5 Å². The lowest BCUT2D eigenvalue weighted by molar-refractivity contribution is -0.0713. The second-order valence-electron chi connectivity index (χ2n) is 6.42. The number of nitrogens with two attached hydrogens (primary N) is 1. The Morgan fingerprint density at radius 3 is 2.67 bits per heavy atom. The van der Waals surface area contributed by atoms with Crippen LogP contribution in [0.3, 0.4) is 0 Å². The molecular weight excluding hydrogens is 286 g/mol. The Morgan fingerprint density at radius 2 is 2.00 bits per heavy atom. The molecule has 1 heterocycles. The van der Waals surface area contributed by atoms with Crippen molar-refractivity contribution in [2.75, 3.05) is 12.3 Å². The summed E-state index contributed by atoms with van der Waals surface area (Å²) in [5.41, 5.74) is 6.89. The molecule has 116 valence electrons. The Balaban J connectivity index is 1.90. The maximum atomic E-state index is 13.0. The molecule has 1 saturated carbocycles. The highest BCUT2D eigenvalue weighted by Gasteiger charge is 2.44.